The molecule has 1 amide bonds. The molecule has 0 aromatic heterocycles. The minimum Gasteiger partial charge on any atom is -0.469 e. The van der Waals surface area contributed by atoms with E-state index in [-0.39, 0.29) is 11.9 Å². The van der Waals surface area contributed by atoms with E-state index in [9.17, 15) is 9.59 Å². The second-order valence-electron chi connectivity index (χ2n) is 5.36. The normalized spacial score (nSPS) is 15.0. The first-order valence-electron chi connectivity index (χ1n) is 7.18. The maximum absolute atomic E-state index is 11.5. The van der Waals surface area contributed by atoms with Gasteiger partial charge in [-0.1, -0.05) is 6.07 Å². The average molecular weight is 290 g/mol. The minimum atomic E-state index is -0.225. The first-order valence-corrected chi connectivity index (χ1v) is 7.18. The zero-order valence-electron chi connectivity index (χ0n) is 12.9. The molecular formula is C16H22N2O3. The number of esters is 1. The first kappa shape index (κ1) is 15.4. The van der Waals surface area contributed by atoms with Gasteiger partial charge in [0.2, 0.25) is 5.91 Å². The van der Waals surface area contributed by atoms with Crippen molar-refractivity contribution in [3.05, 3.63) is 29.3 Å². The Kier molecular flexibility index (Phi) is 4.83. The van der Waals surface area contributed by atoms with Gasteiger partial charge < -0.3 is 14.5 Å². The summed E-state index contributed by atoms with van der Waals surface area (Å²) in [6.07, 6.45) is 0.295. The number of carbonyl (C=O) groups is 2. The van der Waals surface area contributed by atoms with Gasteiger partial charge in [0.05, 0.1) is 13.5 Å². The molecule has 0 bridgehead atoms. The van der Waals surface area contributed by atoms with E-state index >= 15 is 0 Å². The van der Waals surface area contributed by atoms with Gasteiger partial charge in [0.15, 0.2) is 0 Å². The van der Waals surface area contributed by atoms with Crippen LogP contribution in [-0.2, 0) is 20.7 Å². The third-order valence-electron chi connectivity index (χ3n) is 3.99. The van der Waals surface area contributed by atoms with Crippen LogP contribution in [0.3, 0.4) is 0 Å². The summed E-state index contributed by atoms with van der Waals surface area (Å²) in [7, 11) is 1.41. The number of rotatable bonds is 3. The molecule has 0 spiro atoms. The van der Waals surface area contributed by atoms with Crippen LogP contribution >= 0.6 is 0 Å². The maximum atomic E-state index is 11.5. The molecule has 2 rings (SSSR count). The predicted molar refractivity (Wildman–Crippen MR) is 81.4 cm³/mol. The molecule has 0 unspecified atom stereocenters. The topological polar surface area (TPSA) is 49.9 Å². The Morgan fingerprint density at radius 1 is 1.19 bits per heavy atom. The zero-order valence-corrected chi connectivity index (χ0v) is 12.9. The second-order valence-corrected chi connectivity index (χ2v) is 5.36. The summed E-state index contributed by atoms with van der Waals surface area (Å²) in [5.74, 6) is -0.0958. The number of nitrogens with zero attached hydrogens (tertiary/aromatic N) is 2. The van der Waals surface area contributed by atoms with E-state index in [1.54, 1.807) is 6.92 Å². The molecule has 0 atom stereocenters. The molecule has 1 aliphatic heterocycles. The number of methoxy groups -OCH3 is 1. The third kappa shape index (κ3) is 3.74. The second kappa shape index (κ2) is 6.61. The van der Waals surface area contributed by atoms with Crippen LogP contribution in [0.25, 0.3) is 0 Å². The van der Waals surface area contributed by atoms with Crippen molar-refractivity contribution in [2.75, 3.05) is 38.2 Å². The van der Waals surface area contributed by atoms with Crippen molar-refractivity contribution < 1.29 is 14.3 Å². The summed E-state index contributed by atoms with van der Waals surface area (Å²) in [5, 5.41) is 0. The molecule has 1 aromatic carbocycles. The molecular weight excluding hydrogens is 268 g/mol. The summed E-state index contributed by atoms with van der Waals surface area (Å²) in [6.45, 7) is 6.73. The number of carbonyl (C=O) groups excluding carboxylic acids is 2. The van der Waals surface area contributed by atoms with Crippen LogP contribution in [0, 0.1) is 6.92 Å². The molecule has 5 nitrogen and oxygen atoms in total. The smallest absolute Gasteiger partial charge is 0.309 e. The largest absolute Gasteiger partial charge is 0.469 e. The number of ether oxygens (including phenoxy) is 1. The number of aryl methyl sites for hydroxylation is 1. The Morgan fingerprint density at radius 2 is 1.86 bits per heavy atom. The molecule has 0 N–H and O–H groups in total. The Balaban J connectivity index is 2.09. The van der Waals surface area contributed by atoms with Crippen molar-refractivity contribution in [1.29, 1.82) is 0 Å². The molecule has 1 fully saturated rings. The Bertz CT molecular complexity index is 534. The molecule has 21 heavy (non-hydrogen) atoms. The molecule has 5 heteroatoms. The quantitative estimate of drug-likeness (QED) is 0.789. The fourth-order valence-corrected chi connectivity index (χ4v) is 2.55. The Labute approximate surface area is 125 Å². The van der Waals surface area contributed by atoms with Crippen molar-refractivity contribution in [1.82, 2.24) is 4.90 Å². The van der Waals surface area contributed by atoms with Gasteiger partial charge in [-0.15, -0.1) is 0 Å². The lowest BCUT2D eigenvalue weighted by Gasteiger charge is -2.36. The van der Waals surface area contributed by atoms with Gasteiger partial charge in [-0.25, -0.2) is 0 Å². The zero-order chi connectivity index (χ0) is 15.4. The van der Waals surface area contributed by atoms with Crippen molar-refractivity contribution in [3.8, 4) is 0 Å². The van der Waals surface area contributed by atoms with Crippen molar-refractivity contribution in [2.24, 2.45) is 0 Å². The van der Waals surface area contributed by atoms with E-state index in [0.717, 1.165) is 43.0 Å². The van der Waals surface area contributed by atoms with E-state index < -0.39 is 0 Å². The van der Waals surface area contributed by atoms with Gasteiger partial charge in [-0.05, 0) is 30.2 Å². The van der Waals surface area contributed by atoms with Crippen LogP contribution < -0.4 is 4.90 Å². The van der Waals surface area contributed by atoms with Crippen molar-refractivity contribution >= 4 is 17.6 Å². The van der Waals surface area contributed by atoms with Gasteiger partial charge in [-0.2, -0.15) is 0 Å². The summed E-state index contributed by atoms with van der Waals surface area (Å²) < 4.78 is 4.74. The molecule has 1 aliphatic rings. The van der Waals surface area contributed by atoms with Gasteiger partial charge >= 0.3 is 5.97 Å². The molecule has 1 heterocycles. The lowest BCUT2D eigenvalue weighted by molar-refractivity contribution is -0.139. The fourth-order valence-electron chi connectivity index (χ4n) is 2.55. The number of benzene rings is 1. The van der Waals surface area contributed by atoms with Crippen LogP contribution in [0.5, 0.6) is 0 Å². The van der Waals surface area contributed by atoms with E-state index in [1.165, 1.54) is 7.11 Å². The molecule has 1 saturated heterocycles. The van der Waals surface area contributed by atoms with E-state index in [1.807, 2.05) is 17.9 Å². The number of amides is 1. The predicted octanol–water partition coefficient (Wildman–Crippen LogP) is 1.38. The highest BCUT2D eigenvalue weighted by Gasteiger charge is 2.19. The highest BCUT2D eigenvalue weighted by molar-refractivity contribution is 5.74. The lowest BCUT2D eigenvalue weighted by atomic mass is 10.0. The van der Waals surface area contributed by atoms with Gasteiger partial charge in [0.25, 0.3) is 0 Å². The fraction of sp³-hybridized carbons (Fsp3) is 0.500. The third-order valence-corrected chi connectivity index (χ3v) is 3.99. The molecule has 0 aliphatic carbocycles. The Morgan fingerprint density at radius 3 is 2.43 bits per heavy atom. The minimum absolute atomic E-state index is 0.130. The van der Waals surface area contributed by atoms with Crippen LogP contribution in [0.15, 0.2) is 18.2 Å². The highest BCUT2D eigenvalue weighted by Crippen LogP contribution is 2.21. The highest BCUT2D eigenvalue weighted by atomic mass is 16.5. The monoisotopic (exact) mass is 290 g/mol. The summed E-state index contributed by atoms with van der Waals surface area (Å²) in [6, 6.07) is 6.15. The summed E-state index contributed by atoms with van der Waals surface area (Å²) >= 11 is 0. The van der Waals surface area contributed by atoms with Crippen molar-refractivity contribution in [3.63, 3.8) is 0 Å². The molecule has 1 aromatic rings. The first-order chi connectivity index (χ1) is 10.0. The van der Waals surface area contributed by atoms with Crippen LogP contribution in [0.4, 0.5) is 5.69 Å². The Hall–Kier alpha value is -2.04. The number of hydrogen-bond acceptors (Lipinski definition) is 4. The lowest BCUT2D eigenvalue weighted by Crippen LogP contribution is -2.48. The SMILES string of the molecule is COC(=O)Cc1cc(N2CCN(C(C)=O)CC2)ccc1C. The van der Waals surface area contributed by atoms with Crippen LogP contribution in [-0.4, -0.2) is 50.1 Å². The summed E-state index contributed by atoms with van der Waals surface area (Å²) in [4.78, 5) is 26.9. The van der Waals surface area contributed by atoms with Crippen LogP contribution in [0.2, 0.25) is 0 Å². The van der Waals surface area contributed by atoms with Gasteiger partial charge in [0.1, 0.15) is 0 Å². The summed E-state index contributed by atoms with van der Waals surface area (Å²) in [5.41, 5.74) is 3.18. The standard InChI is InChI=1S/C16H22N2O3/c1-12-4-5-15(10-14(12)11-16(20)21-3)18-8-6-17(7-9-18)13(2)19/h4-5,10H,6-9,11H2,1-3H3. The van der Waals surface area contributed by atoms with E-state index in [4.69, 9.17) is 4.74 Å². The van der Waals surface area contributed by atoms with Crippen LogP contribution in [0.1, 0.15) is 18.1 Å². The number of hydrogen-bond donors (Lipinski definition) is 0. The molecule has 0 saturated carbocycles. The van der Waals surface area contributed by atoms with E-state index in [0.29, 0.717) is 6.42 Å². The maximum Gasteiger partial charge on any atom is 0.309 e. The average Bonchev–Trinajstić information content (AvgIpc) is 2.49. The van der Waals surface area contributed by atoms with E-state index in [2.05, 4.69) is 17.0 Å². The molecule has 0 radical (unpaired) electrons. The van der Waals surface area contributed by atoms with Crippen molar-refractivity contribution in [2.45, 2.75) is 20.3 Å². The van der Waals surface area contributed by atoms with Gasteiger partial charge in [0, 0.05) is 38.8 Å². The van der Waals surface area contributed by atoms with Gasteiger partial charge in [-0.3, -0.25) is 9.59 Å². The number of anilines is 1. The molecule has 114 valence electrons. The number of piperazine rings is 1.